The van der Waals surface area contributed by atoms with Gasteiger partial charge in [-0.2, -0.15) is 0 Å². The molecule has 5 heteroatoms. The second kappa shape index (κ2) is 8.02. The zero-order chi connectivity index (χ0) is 13.4. The second-order valence-electron chi connectivity index (χ2n) is 3.80. The van der Waals surface area contributed by atoms with Gasteiger partial charge in [-0.05, 0) is 24.7 Å². The first-order chi connectivity index (χ1) is 8.72. The fourth-order valence-electron chi connectivity index (χ4n) is 1.59. The van der Waals surface area contributed by atoms with Gasteiger partial charge in [0.25, 0.3) is 0 Å². The molecule has 0 amide bonds. The van der Waals surface area contributed by atoms with E-state index < -0.39 is 0 Å². The molecule has 0 spiro atoms. The number of likely N-dealkylation sites (N-methyl/N-ethyl adjacent to an activating group) is 1. The maximum absolute atomic E-state index is 13.6. The summed E-state index contributed by atoms with van der Waals surface area (Å²) in [5.41, 5.74) is 0.827. The maximum Gasteiger partial charge on any atom is 0.165 e. The summed E-state index contributed by atoms with van der Waals surface area (Å²) in [7, 11) is 4.88. The molecule has 0 radical (unpaired) electrons. The van der Waals surface area contributed by atoms with Crippen LogP contribution in [0.2, 0.25) is 0 Å². The van der Waals surface area contributed by atoms with Crippen molar-refractivity contribution in [1.82, 2.24) is 5.32 Å². The SMILES string of the molecule is CNC(COCCOC)c1ccc(OC)c(F)c1. The Hall–Kier alpha value is -1.17. The summed E-state index contributed by atoms with van der Waals surface area (Å²) in [4.78, 5) is 0. The highest BCUT2D eigenvalue weighted by Crippen LogP contribution is 2.21. The second-order valence-corrected chi connectivity index (χ2v) is 3.80. The third-order valence-corrected chi connectivity index (χ3v) is 2.64. The Morgan fingerprint density at radius 1 is 1.28 bits per heavy atom. The van der Waals surface area contributed by atoms with Gasteiger partial charge in [-0.3, -0.25) is 0 Å². The van der Waals surface area contributed by atoms with E-state index in [1.807, 2.05) is 13.1 Å². The van der Waals surface area contributed by atoms with Gasteiger partial charge in [0.15, 0.2) is 11.6 Å². The van der Waals surface area contributed by atoms with Crippen molar-refractivity contribution in [3.63, 3.8) is 0 Å². The number of halogens is 1. The van der Waals surface area contributed by atoms with Crippen molar-refractivity contribution in [2.75, 3.05) is 41.1 Å². The Morgan fingerprint density at radius 3 is 2.61 bits per heavy atom. The summed E-state index contributed by atoms with van der Waals surface area (Å²) in [6.45, 7) is 1.53. The minimum Gasteiger partial charge on any atom is -0.494 e. The van der Waals surface area contributed by atoms with Crippen LogP contribution in [0.3, 0.4) is 0 Å². The molecular formula is C13H20FNO3. The van der Waals surface area contributed by atoms with E-state index in [0.717, 1.165) is 5.56 Å². The average Bonchev–Trinajstić information content (AvgIpc) is 2.39. The number of benzene rings is 1. The number of hydrogen-bond acceptors (Lipinski definition) is 4. The van der Waals surface area contributed by atoms with Crippen LogP contribution in [0.1, 0.15) is 11.6 Å². The number of hydrogen-bond donors (Lipinski definition) is 1. The van der Waals surface area contributed by atoms with Crippen LogP contribution >= 0.6 is 0 Å². The molecule has 1 unspecified atom stereocenters. The first kappa shape index (κ1) is 14.9. The molecule has 1 N–H and O–H groups in total. The molecular weight excluding hydrogens is 237 g/mol. The topological polar surface area (TPSA) is 39.7 Å². The van der Waals surface area contributed by atoms with E-state index in [4.69, 9.17) is 14.2 Å². The van der Waals surface area contributed by atoms with E-state index in [0.29, 0.717) is 19.8 Å². The normalized spacial score (nSPS) is 12.4. The van der Waals surface area contributed by atoms with Crippen molar-refractivity contribution in [1.29, 1.82) is 0 Å². The minimum atomic E-state index is -0.368. The minimum absolute atomic E-state index is 0.0535. The zero-order valence-corrected chi connectivity index (χ0v) is 11.0. The van der Waals surface area contributed by atoms with Crippen LogP contribution in [-0.2, 0) is 9.47 Å². The van der Waals surface area contributed by atoms with Crippen LogP contribution in [0, 0.1) is 5.82 Å². The van der Waals surface area contributed by atoms with Crippen LogP contribution < -0.4 is 10.1 Å². The van der Waals surface area contributed by atoms with Crippen molar-refractivity contribution in [2.24, 2.45) is 0 Å². The summed E-state index contributed by atoms with van der Waals surface area (Å²) >= 11 is 0. The quantitative estimate of drug-likeness (QED) is 0.720. The summed E-state index contributed by atoms with van der Waals surface area (Å²) in [5, 5.41) is 3.09. The van der Waals surface area contributed by atoms with Crippen LogP contribution in [0.25, 0.3) is 0 Å². The predicted octanol–water partition coefficient (Wildman–Crippen LogP) is 1.76. The van der Waals surface area contributed by atoms with Gasteiger partial charge in [-0.1, -0.05) is 6.07 Å². The summed E-state index contributed by atoms with van der Waals surface area (Å²) in [5.74, 6) is -0.124. The number of rotatable bonds is 8. The molecule has 0 aliphatic carbocycles. The monoisotopic (exact) mass is 257 g/mol. The molecule has 1 atom stereocenters. The molecule has 0 heterocycles. The van der Waals surface area contributed by atoms with Gasteiger partial charge in [0.05, 0.1) is 33.0 Å². The molecule has 1 rings (SSSR count). The first-order valence-electron chi connectivity index (χ1n) is 5.80. The van der Waals surface area contributed by atoms with Gasteiger partial charge in [-0.25, -0.2) is 4.39 Å². The fourth-order valence-corrected chi connectivity index (χ4v) is 1.59. The molecule has 0 aliphatic heterocycles. The van der Waals surface area contributed by atoms with E-state index in [9.17, 15) is 4.39 Å². The van der Waals surface area contributed by atoms with Crippen LogP contribution in [0.4, 0.5) is 4.39 Å². The summed E-state index contributed by atoms with van der Waals surface area (Å²) in [6.07, 6.45) is 0. The molecule has 102 valence electrons. The van der Waals surface area contributed by atoms with Gasteiger partial charge in [0.2, 0.25) is 0 Å². The Labute approximate surface area is 107 Å². The van der Waals surface area contributed by atoms with Crippen LogP contribution in [0.5, 0.6) is 5.75 Å². The van der Waals surface area contributed by atoms with E-state index in [1.165, 1.54) is 13.2 Å². The molecule has 0 bridgehead atoms. The standard InChI is InChI=1S/C13H20FNO3/c1-15-12(9-18-7-6-16-2)10-4-5-13(17-3)11(14)8-10/h4-5,8,12,15H,6-7,9H2,1-3H3. The lowest BCUT2D eigenvalue weighted by Crippen LogP contribution is -2.22. The molecule has 0 aliphatic rings. The van der Waals surface area contributed by atoms with E-state index in [2.05, 4.69) is 5.32 Å². The van der Waals surface area contributed by atoms with E-state index >= 15 is 0 Å². The summed E-state index contributed by atoms with van der Waals surface area (Å²) < 4.78 is 28.8. The molecule has 0 fully saturated rings. The smallest absolute Gasteiger partial charge is 0.165 e. The highest BCUT2D eigenvalue weighted by atomic mass is 19.1. The summed E-state index contributed by atoms with van der Waals surface area (Å²) in [6, 6.07) is 4.84. The van der Waals surface area contributed by atoms with Crippen molar-refractivity contribution < 1.29 is 18.6 Å². The highest BCUT2D eigenvalue weighted by Gasteiger charge is 2.12. The van der Waals surface area contributed by atoms with Crippen LogP contribution in [0.15, 0.2) is 18.2 Å². The van der Waals surface area contributed by atoms with Crippen molar-refractivity contribution in [3.8, 4) is 5.75 Å². The molecule has 0 saturated carbocycles. The lowest BCUT2D eigenvalue weighted by molar-refractivity contribution is 0.0596. The third-order valence-electron chi connectivity index (χ3n) is 2.64. The molecule has 1 aromatic rings. The lowest BCUT2D eigenvalue weighted by atomic mass is 10.1. The zero-order valence-electron chi connectivity index (χ0n) is 11.0. The maximum atomic E-state index is 13.6. The van der Waals surface area contributed by atoms with Crippen molar-refractivity contribution in [2.45, 2.75) is 6.04 Å². The molecule has 1 aromatic carbocycles. The van der Waals surface area contributed by atoms with E-state index in [-0.39, 0.29) is 17.6 Å². The third kappa shape index (κ3) is 4.25. The molecule has 0 aromatic heterocycles. The first-order valence-corrected chi connectivity index (χ1v) is 5.80. The largest absolute Gasteiger partial charge is 0.494 e. The van der Waals surface area contributed by atoms with Crippen molar-refractivity contribution >= 4 is 0 Å². The van der Waals surface area contributed by atoms with E-state index in [1.54, 1.807) is 13.2 Å². The Kier molecular flexibility index (Phi) is 6.64. The van der Waals surface area contributed by atoms with Crippen molar-refractivity contribution in [3.05, 3.63) is 29.6 Å². The van der Waals surface area contributed by atoms with Crippen LogP contribution in [-0.4, -0.2) is 41.1 Å². The number of nitrogens with one attached hydrogen (secondary N) is 1. The van der Waals surface area contributed by atoms with Gasteiger partial charge in [-0.15, -0.1) is 0 Å². The Bertz CT molecular complexity index is 360. The van der Waals surface area contributed by atoms with Gasteiger partial charge >= 0.3 is 0 Å². The highest BCUT2D eigenvalue weighted by molar-refractivity contribution is 5.31. The molecule has 0 saturated heterocycles. The van der Waals surface area contributed by atoms with Gasteiger partial charge in [0.1, 0.15) is 0 Å². The molecule has 18 heavy (non-hydrogen) atoms. The van der Waals surface area contributed by atoms with Gasteiger partial charge in [0, 0.05) is 7.11 Å². The lowest BCUT2D eigenvalue weighted by Gasteiger charge is -2.17. The predicted molar refractivity (Wildman–Crippen MR) is 67.4 cm³/mol. The van der Waals surface area contributed by atoms with Gasteiger partial charge < -0.3 is 19.5 Å². The average molecular weight is 257 g/mol. The Morgan fingerprint density at radius 2 is 2.06 bits per heavy atom. The number of ether oxygens (including phenoxy) is 3. The fraction of sp³-hybridized carbons (Fsp3) is 0.538. The molecule has 4 nitrogen and oxygen atoms in total. The Balaban J connectivity index is 2.61. The number of methoxy groups -OCH3 is 2.